The summed E-state index contributed by atoms with van der Waals surface area (Å²) in [7, 11) is 0. The minimum absolute atomic E-state index is 0.286. The van der Waals surface area contributed by atoms with Gasteiger partial charge in [0.05, 0.1) is 6.21 Å². The van der Waals surface area contributed by atoms with Crippen LogP contribution in [0.5, 0.6) is 5.75 Å². The largest absolute Gasteiger partial charge is 0.488 e. The van der Waals surface area contributed by atoms with Gasteiger partial charge in [-0.05, 0) is 30.7 Å². The molecule has 2 aromatic rings. The Kier molecular flexibility index (Phi) is 8.97. The van der Waals surface area contributed by atoms with Crippen molar-refractivity contribution in [2.75, 3.05) is 6.54 Å². The Balaban J connectivity index is 1.99. The zero-order valence-corrected chi connectivity index (χ0v) is 17.7. The Morgan fingerprint density at radius 1 is 1.21 bits per heavy atom. The van der Waals surface area contributed by atoms with Gasteiger partial charge in [-0.2, -0.15) is 5.10 Å². The van der Waals surface area contributed by atoms with E-state index in [-0.39, 0.29) is 6.61 Å². The van der Waals surface area contributed by atoms with E-state index >= 15 is 0 Å². The molecule has 0 saturated carbocycles. The summed E-state index contributed by atoms with van der Waals surface area (Å²) in [4.78, 5) is 23.4. The minimum Gasteiger partial charge on any atom is -0.488 e. The number of nitrogens with zero attached hydrogens (tertiary/aromatic N) is 1. The number of halogens is 2. The normalized spacial score (nSPS) is 10.7. The number of unbranched alkanes of at least 4 members (excludes halogenated alkanes) is 1. The molecule has 8 heteroatoms. The number of hydrazone groups is 1. The van der Waals surface area contributed by atoms with E-state index in [1.807, 2.05) is 31.2 Å². The third-order valence-electron chi connectivity index (χ3n) is 3.70. The molecule has 0 aliphatic carbocycles. The molecule has 0 aliphatic rings. The first kappa shape index (κ1) is 21.9. The first-order valence-electron chi connectivity index (χ1n) is 8.78. The first-order chi connectivity index (χ1) is 13.5. The molecule has 2 rings (SSSR count). The lowest BCUT2D eigenvalue weighted by atomic mass is 10.2. The van der Waals surface area contributed by atoms with Crippen LogP contribution in [0, 0.1) is 0 Å². The molecule has 0 aliphatic heterocycles. The molecule has 28 heavy (non-hydrogen) atoms. The van der Waals surface area contributed by atoms with Crippen LogP contribution < -0.4 is 15.5 Å². The summed E-state index contributed by atoms with van der Waals surface area (Å²) >= 11 is 9.54. The fourth-order valence-electron chi connectivity index (χ4n) is 2.19. The van der Waals surface area contributed by atoms with E-state index in [1.54, 1.807) is 18.2 Å². The lowest BCUT2D eigenvalue weighted by molar-refractivity contribution is -0.139. The average molecular weight is 467 g/mol. The van der Waals surface area contributed by atoms with Gasteiger partial charge in [-0.15, -0.1) is 0 Å². The molecule has 0 aromatic heterocycles. The van der Waals surface area contributed by atoms with E-state index in [0.717, 1.165) is 22.9 Å². The van der Waals surface area contributed by atoms with Crippen LogP contribution in [0.1, 0.15) is 30.9 Å². The molecule has 2 aromatic carbocycles. The zero-order valence-electron chi connectivity index (χ0n) is 15.4. The van der Waals surface area contributed by atoms with Crippen LogP contribution in [-0.2, 0) is 16.2 Å². The maximum atomic E-state index is 11.7. The van der Waals surface area contributed by atoms with Crippen molar-refractivity contribution in [2.45, 2.75) is 26.4 Å². The van der Waals surface area contributed by atoms with Crippen molar-refractivity contribution in [3.63, 3.8) is 0 Å². The zero-order chi connectivity index (χ0) is 20.4. The van der Waals surface area contributed by atoms with E-state index in [4.69, 9.17) is 16.3 Å². The Labute approximate surface area is 177 Å². The highest BCUT2D eigenvalue weighted by molar-refractivity contribution is 9.10. The Bertz CT molecular complexity index is 858. The number of nitrogens with one attached hydrogen (secondary N) is 2. The van der Waals surface area contributed by atoms with Crippen LogP contribution >= 0.6 is 27.5 Å². The fraction of sp³-hybridized carbons (Fsp3) is 0.250. The van der Waals surface area contributed by atoms with Gasteiger partial charge in [0.1, 0.15) is 12.4 Å². The molecule has 0 fully saturated rings. The maximum Gasteiger partial charge on any atom is 0.329 e. The lowest BCUT2D eigenvalue weighted by Crippen LogP contribution is -2.38. The number of carbonyl (C=O) groups excluding carboxylic acids is 2. The summed E-state index contributed by atoms with van der Waals surface area (Å²) in [5, 5.41) is 7.00. The van der Waals surface area contributed by atoms with Crippen LogP contribution in [0.4, 0.5) is 0 Å². The van der Waals surface area contributed by atoms with Crippen molar-refractivity contribution in [3.8, 4) is 5.75 Å². The molecular formula is C20H21BrClN3O3. The lowest BCUT2D eigenvalue weighted by Gasteiger charge is -2.10. The van der Waals surface area contributed by atoms with Gasteiger partial charge in [-0.25, -0.2) is 5.43 Å². The average Bonchev–Trinajstić information content (AvgIpc) is 2.68. The Hall–Kier alpha value is -2.38. The third kappa shape index (κ3) is 6.98. The van der Waals surface area contributed by atoms with Crippen LogP contribution in [0.3, 0.4) is 0 Å². The molecule has 0 saturated heterocycles. The first-order valence-corrected chi connectivity index (χ1v) is 9.95. The van der Waals surface area contributed by atoms with Crippen LogP contribution in [-0.4, -0.2) is 24.6 Å². The molecular weight excluding hydrogens is 446 g/mol. The van der Waals surface area contributed by atoms with E-state index in [2.05, 4.69) is 31.8 Å². The summed E-state index contributed by atoms with van der Waals surface area (Å²) < 4.78 is 6.66. The Morgan fingerprint density at radius 3 is 2.75 bits per heavy atom. The molecule has 0 radical (unpaired) electrons. The predicted octanol–water partition coefficient (Wildman–Crippen LogP) is 4.05. The van der Waals surface area contributed by atoms with Gasteiger partial charge in [0, 0.05) is 27.2 Å². The third-order valence-corrected chi connectivity index (χ3v) is 4.57. The summed E-state index contributed by atoms with van der Waals surface area (Å²) in [5.74, 6) is -0.968. The smallest absolute Gasteiger partial charge is 0.329 e. The minimum atomic E-state index is -0.819. The highest BCUT2D eigenvalue weighted by Crippen LogP contribution is 2.24. The number of hydrogen-bond donors (Lipinski definition) is 2. The molecule has 2 N–H and O–H groups in total. The molecule has 0 spiro atoms. The standard InChI is InChI=1S/C20H21BrClN3O3/c1-2-3-10-23-19(26)20(27)25-24-12-15-11-16(21)8-9-18(15)28-13-14-6-4-5-7-17(14)22/h4-9,11-12H,2-3,10,13H2,1H3,(H,23,26)(H,25,27)/b24-12-. The maximum absolute atomic E-state index is 11.7. The van der Waals surface area contributed by atoms with Crippen molar-refractivity contribution in [2.24, 2.45) is 5.10 Å². The summed E-state index contributed by atoms with van der Waals surface area (Å²) in [6, 6.07) is 12.8. The van der Waals surface area contributed by atoms with Crippen molar-refractivity contribution in [1.82, 2.24) is 10.7 Å². The van der Waals surface area contributed by atoms with Gasteiger partial charge in [0.2, 0.25) is 0 Å². The number of carbonyl (C=O) groups is 2. The van der Waals surface area contributed by atoms with Crippen LogP contribution in [0.15, 0.2) is 52.0 Å². The number of amides is 2. The second-order valence-corrected chi connectivity index (χ2v) is 7.19. The quantitative estimate of drug-likeness (QED) is 0.267. The molecule has 0 bridgehead atoms. The second-order valence-electron chi connectivity index (χ2n) is 5.87. The summed E-state index contributed by atoms with van der Waals surface area (Å²) in [6.45, 7) is 2.74. The number of ether oxygens (including phenoxy) is 1. The van der Waals surface area contributed by atoms with Gasteiger partial charge in [-0.3, -0.25) is 9.59 Å². The summed E-state index contributed by atoms with van der Waals surface area (Å²) in [6.07, 6.45) is 3.16. The second kappa shape index (κ2) is 11.5. The topological polar surface area (TPSA) is 79.8 Å². The van der Waals surface area contributed by atoms with Gasteiger partial charge < -0.3 is 10.1 Å². The number of rotatable bonds is 8. The van der Waals surface area contributed by atoms with Gasteiger partial charge in [-0.1, -0.05) is 59.1 Å². The molecule has 0 heterocycles. The van der Waals surface area contributed by atoms with Crippen LogP contribution in [0.2, 0.25) is 5.02 Å². The van der Waals surface area contributed by atoms with Gasteiger partial charge in [0.25, 0.3) is 0 Å². The fourth-order valence-corrected chi connectivity index (χ4v) is 2.76. The molecule has 2 amide bonds. The highest BCUT2D eigenvalue weighted by Gasteiger charge is 2.11. The molecule has 0 unspecified atom stereocenters. The Morgan fingerprint density at radius 2 is 2.00 bits per heavy atom. The van der Waals surface area contributed by atoms with Crippen LogP contribution in [0.25, 0.3) is 0 Å². The SMILES string of the molecule is CCCCNC(=O)C(=O)N/N=C\c1cc(Br)ccc1OCc1ccccc1Cl. The van der Waals surface area contributed by atoms with Gasteiger partial charge >= 0.3 is 11.8 Å². The van der Waals surface area contributed by atoms with E-state index in [0.29, 0.717) is 22.9 Å². The number of benzene rings is 2. The van der Waals surface area contributed by atoms with Crippen molar-refractivity contribution in [3.05, 3.63) is 63.1 Å². The molecule has 0 atom stereocenters. The van der Waals surface area contributed by atoms with Crippen molar-refractivity contribution >= 4 is 45.6 Å². The van der Waals surface area contributed by atoms with E-state index < -0.39 is 11.8 Å². The number of hydrogen-bond acceptors (Lipinski definition) is 4. The molecule has 6 nitrogen and oxygen atoms in total. The van der Waals surface area contributed by atoms with Gasteiger partial charge in [0.15, 0.2) is 0 Å². The summed E-state index contributed by atoms with van der Waals surface area (Å²) in [5.41, 5.74) is 3.70. The predicted molar refractivity (Wildman–Crippen MR) is 114 cm³/mol. The van der Waals surface area contributed by atoms with E-state index in [9.17, 15) is 9.59 Å². The highest BCUT2D eigenvalue weighted by atomic mass is 79.9. The van der Waals surface area contributed by atoms with Crippen molar-refractivity contribution < 1.29 is 14.3 Å². The monoisotopic (exact) mass is 465 g/mol. The molecule has 148 valence electrons. The van der Waals surface area contributed by atoms with Crippen molar-refractivity contribution in [1.29, 1.82) is 0 Å². The van der Waals surface area contributed by atoms with E-state index in [1.165, 1.54) is 6.21 Å².